The molecule has 0 amide bonds. The molecule has 0 saturated heterocycles. The van der Waals surface area contributed by atoms with E-state index in [0.717, 1.165) is 11.6 Å². The monoisotopic (exact) mass is 205 g/mol. The average Bonchev–Trinajstić information content (AvgIpc) is 2.24. The third kappa shape index (κ3) is 2.12. The molecule has 0 spiro atoms. The molecule has 2 unspecified atom stereocenters. The smallest absolute Gasteiger partial charge is 0.335 e. The lowest BCUT2D eigenvalue weighted by molar-refractivity contribution is 0.0697. The lowest BCUT2D eigenvalue weighted by Crippen LogP contribution is -2.36. The van der Waals surface area contributed by atoms with Gasteiger partial charge in [-0.2, -0.15) is 0 Å². The van der Waals surface area contributed by atoms with Gasteiger partial charge in [0.05, 0.1) is 5.56 Å². The van der Waals surface area contributed by atoms with E-state index in [1.54, 1.807) is 12.1 Å². The number of anilines is 1. The van der Waals surface area contributed by atoms with Crippen molar-refractivity contribution in [1.82, 2.24) is 0 Å². The number of nitrogens with one attached hydrogen (secondary N) is 1. The van der Waals surface area contributed by atoms with E-state index in [0.29, 0.717) is 11.6 Å². The second-order valence-electron chi connectivity index (χ2n) is 4.19. The van der Waals surface area contributed by atoms with Crippen LogP contribution in [0.25, 0.3) is 0 Å². The van der Waals surface area contributed by atoms with Crippen molar-refractivity contribution < 1.29 is 9.90 Å². The highest BCUT2D eigenvalue weighted by Gasteiger charge is 2.26. The van der Waals surface area contributed by atoms with Crippen molar-refractivity contribution in [3.63, 3.8) is 0 Å². The van der Waals surface area contributed by atoms with Gasteiger partial charge in [0.1, 0.15) is 0 Å². The molecule has 3 heteroatoms. The number of rotatable bonds is 3. The van der Waals surface area contributed by atoms with Crippen LogP contribution in [-0.4, -0.2) is 17.1 Å². The number of hydrogen-bond donors (Lipinski definition) is 2. The summed E-state index contributed by atoms with van der Waals surface area (Å²) in [7, 11) is 0. The molecule has 3 nitrogen and oxygen atoms in total. The van der Waals surface area contributed by atoms with Crippen LogP contribution in [0.2, 0.25) is 0 Å². The van der Waals surface area contributed by atoms with Crippen molar-refractivity contribution in [1.29, 1.82) is 0 Å². The minimum absolute atomic E-state index is 0.335. The third-order valence-corrected chi connectivity index (χ3v) is 3.10. The molecule has 80 valence electrons. The van der Waals surface area contributed by atoms with Crippen molar-refractivity contribution in [2.45, 2.75) is 25.8 Å². The minimum Gasteiger partial charge on any atom is -0.478 e. The summed E-state index contributed by atoms with van der Waals surface area (Å²) in [5, 5.41) is 12.1. The van der Waals surface area contributed by atoms with Crippen molar-refractivity contribution in [3.05, 3.63) is 29.8 Å². The zero-order chi connectivity index (χ0) is 10.8. The standard InChI is InChI=1S/C12H15NO2/c1-8-2-7-11(8)13-10-5-3-9(4-6-10)12(14)15/h3-6,8,11,13H,2,7H2,1H3,(H,14,15). The van der Waals surface area contributed by atoms with Gasteiger partial charge < -0.3 is 10.4 Å². The van der Waals surface area contributed by atoms with E-state index in [9.17, 15) is 4.79 Å². The van der Waals surface area contributed by atoms with Crippen LogP contribution in [-0.2, 0) is 0 Å². The Labute approximate surface area is 89.1 Å². The van der Waals surface area contributed by atoms with Crippen molar-refractivity contribution >= 4 is 11.7 Å². The fourth-order valence-corrected chi connectivity index (χ4v) is 1.80. The Morgan fingerprint density at radius 2 is 2.00 bits per heavy atom. The molecular weight excluding hydrogens is 190 g/mol. The highest BCUT2D eigenvalue weighted by atomic mass is 16.4. The number of carboxylic acids is 1. The number of carbonyl (C=O) groups is 1. The summed E-state index contributed by atoms with van der Waals surface area (Å²) >= 11 is 0. The zero-order valence-corrected chi connectivity index (χ0v) is 8.73. The van der Waals surface area contributed by atoms with Crippen molar-refractivity contribution in [3.8, 4) is 0 Å². The summed E-state index contributed by atoms with van der Waals surface area (Å²) in [5.41, 5.74) is 1.35. The highest BCUT2D eigenvalue weighted by Crippen LogP contribution is 2.29. The number of benzene rings is 1. The van der Waals surface area contributed by atoms with Gasteiger partial charge in [0.25, 0.3) is 0 Å². The number of hydrogen-bond acceptors (Lipinski definition) is 2. The largest absolute Gasteiger partial charge is 0.478 e. The van der Waals surface area contributed by atoms with Gasteiger partial charge in [0, 0.05) is 11.7 Å². The van der Waals surface area contributed by atoms with Crippen LogP contribution in [0.4, 0.5) is 5.69 Å². The van der Waals surface area contributed by atoms with Crippen LogP contribution in [0, 0.1) is 5.92 Å². The first-order valence-electron chi connectivity index (χ1n) is 5.26. The van der Waals surface area contributed by atoms with Crippen LogP contribution in [0.5, 0.6) is 0 Å². The summed E-state index contributed by atoms with van der Waals surface area (Å²) in [6.45, 7) is 2.23. The molecule has 0 aromatic heterocycles. The topological polar surface area (TPSA) is 49.3 Å². The van der Waals surface area contributed by atoms with Crippen LogP contribution in [0.15, 0.2) is 24.3 Å². The summed E-state index contributed by atoms with van der Waals surface area (Å²) in [5.74, 6) is -0.150. The number of carboxylic acid groups (broad SMARTS) is 1. The van der Waals surface area contributed by atoms with Gasteiger partial charge in [-0.3, -0.25) is 0 Å². The van der Waals surface area contributed by atoms with Gasteiger partial charge >= 0.3 is 5.97 Å². The van der Waals surface area contributed by atoms with Gasteiger partial charge in [-0.25, -0.2) is 4.79 Å². The zero-order valence-electron chi connectivity index (χ0n) is 8.73. The molecule has 2 atom stereocenters. The second kappa shape index (κ2) is 3.93. The fourth-order valence-electron chi connectivity index (χ4n) is 1.80. The van der Waals surface area contributed by atoms with E-state index < -0.39 is 5.97 Å². The van der Waals surface area contributed by atoms with Gasteiger partial charge in [0.2, 0.25) is 0 Å². The Kier molecular flexibility index (Phi) is 2.62. The van der Waals surface area contributed by atoms with E-state index in [2.05, 4.69) is 12.2 Å². The predicted molar refractivity (Wildman–Crippen MR) is 59.2 cm³/mol. The summed E-state index contributed by atoms with van der Waals surface area (Å²) in [6.07, 6.45) is 2.49. The van der Waals surface area contributed by atoms with E-state index in [1.165, 1.54) is 12.8 Å². The van der Waals surface area contributed by atoms with Gasteiger partial charge in [-0.1, -0.05) is 6.92 Å². The summed E-state index contributed by atoms with van der Waals surface area (Å²) < 4.78 is 0. The van der Waals surface area contributed by atoms with Crippen LogP contribution >= 0.6 is 0 Å². The Balaban J connectivity index is 2.01. The molecule has 1 fully saturated rings. The first-order chi connectivity index (χ1) is 7.16. The maximum absolute atomic E-state index is 10.6. The third-order valence-electron chi connectivity index (χ3n) is 3.10. The number of aromatic carboxylic acids is 1. The molecule has 2 rings (SSSR count). The molecule has 1 aliphatic carbocycles. The highest BCUT2D eigenvalue weighted by molar-refractivity contribution is 5.87. The molecule has 0 bridgehead atoms. The first-order valence-corrected chi connectivity index (χ1v) is 5.26. The van der Waals surface area contributed by atoms with Gasteiger partial charge in [-0.05, 0) is 43.0 Å². The maximum Gasteiger partial charge on any atom is 0.335 e. The predicted octanol–water partition coefficient (Wildman–Crippen LogP) is 2.60. The van der Waals surface area contributed by atoms with E-state index in [1.807, 2.05) is 12.1 Å². The van der Waals surface area contributed by atoms with Gasteiger partial charge in [-0.15, -0.1) is 0 Å². The average molecular weight is 205 g/mol. The summed E-state index contributed by atoms with van der Waals surface area (Å²) in [6, 6.07) is 7.48. The fraction of sp³-hybridized carbons (Fsp3) is 0.417. The molecule has 1 aliphatic rings. The Morgan fingerprint density at radius 3 is 2.40 bits per heavy atom. The molecule has 1 aromatic carbocycles. The van der Waals surface area contributed by atoms with Crippen LogP contribution in [0.1, 0.15) is 30.1 Å². The first kappa shape index (κ1) is 10.0. The normalized spacial score (nSPS) is 24.3. The van der Waals surface area contributed by atoms with Crippen molar-refractivity contribution in [2.24, 2.45) is 5.92 Å². The molecule has 1 aromatic rings. The molecule has 0 heterocycles. The summed E-state index contributed by atoms with van der Waals surface area (Å²) in [4.78, 5) is 10.6. The minimum atomic E-state index is -0.876. The van der Waals surface area contributed by atoms with E-state index in [4.69, 9.17) is 5.11 Å². The second-order valence-corrected chi connectivity index (χ2v) is 4.19. The molecule has 15 heavy (non-hydrogen) atoms. The Bertz CT molecular complexity index is 358. The maximum atomic E-state index is 10.6. The quantitative estimate of drug-likeness (QED) is 0.797. The molecule has 2 N–H and O–H groups in total. The molecular formula is C12H15NO2. The SMILES string of the molecule is CC1CCC1Nc1ccc(C(=O)O)cc1. The van der Waals surface area contributed by atoms with E-state index >= 15 is 0 Å². The lowest BCUT2D eigenvalue weighted by Gasteiger charge is -2.35. The Morgan fingerprint density at radius 1 is 1.33 bits per heavy atom. The van der Waals surface area contributed by atoms with Gasteiger partial charge in [0.15, 0.2) is 0 Å². The van der Waals surface area contributed by atoms with Crippen LogP contribution in [0.3, 0.4) is 0 Å². The molecule has 1 saturated carbocycles. The van der Waals surface area contributed by atoms with Crippen molar-refractivity contribution in [2.75, 3.05) is 5.32 Å². The van der Waals surface area contributed by atoms with Crippen LogP contribution < -0.4 is 5.32 Å². The molecule has 0 aliphatic heterocycles. The molecule has 0 radical (unpaired) electrons. The van der Waals surface area contributed by atoms with E-state index in [-0.39, 0.29) is 0 Å². The Hall–Kier alpha value is -1.51. The lowest BCUT2D eigenvalue weighted by atomic mass is 9.81.